The molecule has 2 radical (unpaired) electrons. The monoisotopic (exact) mass is 334 g/mol. The van der Waals surface area contributed by atoms with Crippen LogP contribution in [0.2, 0.25) is 0 Å². The van der Waals surface area contributed by atoms with Gasteiger partial charge in [-0.3, -0.25) is 4.79 Å². The lowest BCUT2D eigenvalue weighted by Crippen LogP contribution is -2.36. The van der Waals surface area contributed by atoms with Gasteiger partial charge in [0.1, 0.15) is 5.75 Å². The molecule has 2 rings (SSSR count). The highest BCUT2D eigenvalue weighted by atomic mass is 32.2. The molecule has 0 saturated heterocycles. The molecular formula is C19H26O3S. The molecular weight excluding hydrogens is 308 g/mol. The van der Waals surface area contributed by atoms with Crippen LogP contribution in [0.4, 0.5) is 0 Å². The molecule has 0 aliphatic heterocycles. The fourth-order valence-corrected chi connectivity index (χ4v) is 4.45. The van der Waals surface area contributed by atoms with Crippen molar-refractivity contribution in [3.8, 4) is 5.75 Å². The topological polar surface area (TPSA) is 46.5 Å². The normalized spacial score (nSPS) is 19.2. The van der Waals surface area contributed by atoms with Crippen molar-refractivity contribution in [2.75, 3.05) is 12.4 Å². The minimum atomic E-state index is -0.127. The van der Waals surface area contributed by atoms with Crippen molar-refractivity contribution in [3.63, 3.8) is 0 Å². The maximum absolute atomic E-state index is 11.5. The third kappa shape index (κ3) is 4.23. The first-order valence-corrected chi connectivity index (χ1v) is 9.46. The summed E-state index contributed by atoms with van der Waals surface area (Å²) in [5.74, 6) is 0.955. The van der Waals surface area contributed by atoms with Crippen LogP contribution >= 0.6 is 11.8 Å². The Bertz CT molecular complexity index is 537. The van der Waals surface area contributed by atoms with Crippen LogP contribution in [-0.2, 0) is 21.4 Å². The van der Waals surface area contributed by atoms with Gasteiger partial charge in [0.25, 0.3) is 0 Å². The summed E-state index contributed by atoms with van der Waals surface area (Å²) in [5, 5.41) is 10.1. The van der Waals surface area contributed by atoms with Crippen LogP contribution in [0.25, 0.3) is 0 Å². The summed E-state index contributed by atoms with van der Waals surface area (Å²) in [4.78, 5) is 11.5. The van der Waals surface area contributed by atoms with Gasteiger partial charge < -0.3 is 9.84 Å². The number of hydrogen-bond donors (Lipinski definition) is 1. The minimum Gasteiger partial charge on any atom is -0.508 e. The Kier molecular flexibility index (Phi) is 6.40. The van der Waals surface area contributed by atoms with E-state index in [2.05, 4.69) is 20.3 Å². The summed E-state index contributed by atoms with van der Waals surface area (Å²) < 4.78 is 4.98. The molecule has 1 aromatic carbocycles. The van der Waals surface area contributed by atoms with Gasteiger partial charge in [-0.05, 0) is 49.4 Å². The number of thioether (sulfide) groups is 1. The van der Waals surface area contributed by atoms with Crippen LogP contribution in [0.15, 0.2) is 18.2 Å². The van der Waals surface area contributed by atoms with Crippen molar-refractivity contribution in [1.82, 2.24) is 0 Å². The third-order valence-electron chi connectivity index (χ3n) is 4.59. The Balaban J connectivity index is 2.08. The van der Waals surface area contributed by atoms with Crippen LogP contribution in [0.5, 0.6) is 5.75 Å². The second-order valence-electron chi connectivity index (χ2n) is 5.89. The number of phenolic OH excluding ortho intramolecular Hbond substituents is 1. The van der Waals surface area contributed by atoms with E-state index in [9.17, 15) is 9.90 Å². The molecule has 0 aromatic heterocycles. The van der Waals surface area contributed by atoms with E-state index in [-0.39, 0.29) is 16.6 Å². The molecule has 23 heavy (non-hydrogen) atoms. The second kappa shape index (κ2) is 8.09. The van der Waals surface area contributed by atoms with Crippen LogP contribution in [0.1, 0.15) is 51.2 Å². The lowest BCUT2D eigenvalue weighted by atomic mass is 9.66. The number of ether oxygens (including phenoxy) is 1. The maximum atomic E-state index is 11.5. The number of phenols is 1. The van der Waals surface area contributed by atoms with Crippen molar-refractivity contribution in [2.45, 2.75) is 57.1 Å². The second-order valence-corrected chi connectivity index (χ2v) is 7.20. The zero-order chi connectivity index (χ0) is 16.9. The molecule has 0 amide bonds. The van der Waals surface area contributed by atoms with Crippen molar-refractivity contribution in [1.29, 1.82) is 0 Å². The summed E-state index contributed by atoms with van der Waals surface area (Å²) in [7, 11) is 0. The summed E-state index contributed by atoms with van der Waals surface area (Å²) in [6, 6.07) is 5.69. The van der Waals surface area contributed by atoms with Crippen LogP contribution in [0.3, 0.4) is 0 Å². The summed E-state index contributed by atoms with van der Waals surface area (Å²) >= 11 is 1.78. The molecule has 0 saturated carbocycles. The quantitative estimate of drug-likeness (QED) is 0.761. The van der Waals surface area contributed by atoms with E-state index in [1.54, 1.807) is 17.8 Å². The van der Waals surface area contributed by atoms with Gasteiger partial charge in [0.05, 0.1) is 13.0 Å². The van der Waals surface area contributed by atoms with Gasteiger partial charge in [-0.2, -0.15) is 11.8 Å². The molecule has 0 spiro atoms. The summed E-state index contributed by atoms with van der Waals surface area (Å²) in [6.07, 6.45) is 7.05. The molecule has 4 heteroatoms. The van der Waals surface area contributed by atoms with E-state index in [0.717, 1.165) is 25.0 Å². The lowest BCUT2D eigenvalue weighted by molar-refractivity contribution is -0.142. The van der Waals surface area contributed by atoms with E-state index < -0.39 is 0 Å². The van der Waals surface area contributed by atoms with Gasteiger partial charge in [0.2, 0.25) is 0 Å². The Labute approximate surface area is 143 Å². The molecule has 1 aliphatic rings. The van der Waals surface area contributed by atoms with Crippen molar-refractivity contribution in [3.05, 3.63) is 35.7 Å². The largest absolute Gasteiger partial charge is 0.508 e. The molecule has 1 N–H and O–H groups in total. The van der Waals surface area contributed by atoms with Crippen LogP contribution in [-0.4, -0.2) is 28.7 Å². The van der Waals surface area contributed by atoms with Crippen molar-refractivity contribution in [2.24, 2.45) is 0 Å². The number of aromatic hydroxyl groups is 1. The standard InChI is InChI=1S/C19H26O3S/c1-4-19(5-2)13-16(23-10-9-18(21)22-6-3)11-14-7-8-15(20)12-17(14)19/h7-8,12,16,20H,4-6,9-11H2,1-3H3. The van der Waals surface area contributed by atoms with E-state index in [1.165, 1.54) is 11.1 Å². The van der Waals surface area contributed by atoms with Crippen LogP contribution in [0, 0.1) is 6.42 Å². The molecule has 3 nitrogen and oxygen atoms in total. The highest BCUT2D eigenvalue weighted by molar-refractivity contribution is 8.00. The molecule has 0 bridgehead atoms. The van der Waals surface area contributed by atoms with Crippen LogP contribution < -0.4 is 0 Å². The predicted octanol–water partition coefficient (Wildman–Crippen LogP) is 4.14. The average molecular weight is 334 g/mol. The fraction of sp³-hybridized carbons (Fsp3) is 0.579. The first-order chi connectivity index (χ1) is 11.0. The van der Waals surface area contributed by atoms with Gasteiger partial charge in [0.15, 0.2) is 0 Å². The molecule has 0 fully saturated rings. The van der Waals surface area contributed by atoms with E-state index >= 15 is 0 Å². The highest BCUT2D eigenvalue weighted by Crippen LogP contribution is 2.45. The lowest BCUT2D eigenvalue weighted by Gasteiger charge is -2.41. The maximum Gasteiger partial charge on any atom is 0.306 e. The molecule has 126 valence electrons. The first-order valence-electron chi connectivity index (χ1n) is 8.42. The van der Waals surface area contributed by atoms with E-state index in [0.29, 0.717) is 18.8 Å². The molecule has 1 unspecified atom stereocenters. The number of carbonyl (C=O) groups is 1. The fourth-order valence-electron chi connectivity index (χ4n) is 3.28. The third-order valence-corrected chi connectivity index (χ3v) is 5.72. The van der Waals surface area contributed by atoms with Gasteiger partial charge in [0, 0.05) is 22.8 Å². The van der Waals surface area contributed by atoms with E-state index in [4.69, 9.17) is 4.74 Å². The average Bonchev–Trinajstić information content (AvgIpc) is 2.54. The number of hydrogen-bond acceptors (Lipinski definition) is 4. The zero-order valence-corrected chi connectivity index (χ0v) is 15.0. The van der Waals surface area contributed by atoms with Crippen molar-refractivity contribution >= 4 is 17.7 Å². The number of esters is 1. The first kappa shape index (κ1) is 18.2. The predicted molar refractivity (Wildman–Crippen MR) is 94.8 cm³/mol. The van der Waals surface area contributed by atoms with Gasteiger partial charge in [-0.15, -0.1) is 0 Å². The highest BCUT2D eigenvalue weighted by Gasteiger charge is 2.38. The van der Waals surface area contributed by atoms with Crippen molar-refractivity contribution < 1.29 is 14.6 Å². The smallest absolute Gasteiger partial charge is 0.306 e. The Hall–Kier alpha value is -1.16. The number of benzene rings is 1. The Morgan fingerprint density at radius 3 is 2.78 bits per heavy atom. The summed E-state index contributed by atoms with van der Waals surface area (Å²) in [5.41, 5.74) is 2.40. The van der Waals surface area contributed by atoms with E-state index in [1.807, 2.05) is 19.1 Å². The Morgan fingerprint density at radius 2 is 2.13 bits per heavy atom. The number of carbonyl (C=O) groups excluding carboxylic acids is 1. The minimum absolute atomic E-state index is 0.103. The SMILES string of the molecule is CCOC(=O)CCSC1[C]C(CC)(CC)c2cc(O)ccc2C1. The van der Waals surface area contributed by atoms with Gasteiger partial charge in [-0.25, -0.2) is 0 Å². The summed E-state index contributed by atoms with van der Waals surface area (Å²) in [6.45, 7) is 6.62. The number of rotatable bonds is 7. The molecule has 1 aromatic rings. The molecule has 0 heterocycles. The van der Waals surface area contributed by atoms with Gasteiger partial charge in [-0.1, -0.05) is 19.9 Å². The molecule has 1 atom stereocenters. The number of fused-ring (bicyclic) bond motifs is 1. The molecule has 1 aliphatic carbocycles. The van der Waals surface area contributed by atoms with Gasteiger partial charge >= 0.3 is 5.97 Å². The zero-order valence-electron chi connectivity index (χ0n) is 14.2. The Morgan fingerprint density at radius 1 is 1.39 bits per heavy atom.